The van der Waals surface area contributed by atoms with E-state index >= 15 is 0 Å². The van der Waals surface area contributed by atoms with E-state index in [1.54, 1.807) is 7.11 Å². The van der Waals surface area contributed by atoms with E-state index in [0.717, 1.165) is 31.6 Å². The highest BCUT2D eigenvalue weighted by Crippen LogP contribution is 2.22. The van der Waals surface area contributed by atoms with Crippen molar-refractivity contribution < 1.29 is 9.84 Å². The zero-order chi connectivity index (χ0) is 13.7. The summed E-state index contributed by atoms with van der Waals surface area (Å²) in [6, 6.07) is 9.90. The quantitative estimate of drug-likeness (QED) is 0.886. The smallest absolute Gasteiger partial charge is 0.0802 e. The molecule has 0 saturated carbocycles. The maximum absolute atomic E-state index is 10.2. The predicted octanol–water partition coefficient (Wildman–Crippen LogP) is 2.47. The summed E-state index contributed by atoms with van der Waals surface area (Å²) in [6.45, 7) is 5.29. The van der Waals surface area contributed by atoms with Crippen molar-refractivity contribution in [1.82, 2.24) is 4.90 Å². The number of benzene rings is 1. The van der Waals surface area contributed by atoms with Gasteiger partial charge in [0, 0.05) is 20.2 Å². The van der Waals surface area contributed by atoms with Crippen LogP contribution in [-0.2, 0) is 4.74 Å². The standard InChI is InChI=1S/C16H25NO2/c1-13-8-10-17(12-16(13)19-2)11-9-15(18)14-6-4-3-5-7-14/h3-7,13,15-16,18H,8-12H2,1-2H3. The molecule has 0 aromatic heterocycles. The Morgan fingerprint density at radius 3 is 2.79 bits per heavy atom. The van der Waals surface area contributed by atoms with Crippen LogP contribution in [0.1, 0.15) is 31.4 Å². The molecule has 1 saturated heterocycles. The molecular formula is C16H25NO2. The number of methoxy groups -OCH3 is 1. The van der Waals surface area contributed by atoms with E-state index in [4.69, 9.17) is 4.74 Å². The molecule has 0 amide bonds. The second-order valence-electron chi connectivity index (χ2n) is 5.56. The maximum Gasteiger partial charge on any atom is 0.0802 e. The summed E-state index contributed by atoms with van der Waals surface area (Å²) < 4.78 is 5.52. The third kappa shape index (κ3) is 4.03. The van der Waals surface area contributed by atoms with E-state index in [2.05, 4.69) is 11.8 Å². The zero-order valence-electron chi connectivity index (χ0n) is 12.0. The van der Waals surface area contributed by atoms with Gasteiger partial charge in [0.2, 0.25) is 0 Å². The van der Waals surface area contributed by atoms with Crippen molar-refractivity contribution in [3.05, 3.63) is 35.9 Å². The monoisotopic (exact) mass is 263 g/mol. The molecule has 19 heavy (non-hydrogen) atoms. The second kappa shape index (κ2) is 7.04. The van der Waals surface area contributed by atoms with E-state index in [0.29, 0.717) is 12.0 Å². The van der Waals surface area contributed by atoms with Gasteiger partial charge in [0.15, 0.2) is 0 Å². The first-order chi connectivity index (χ1) is 9.20. The van der Waals surface area contributed by atoms with Gasteiger partial charge in [-0.15, -0.1) is 0 Å². The van der Waals surface area contributed by atoms with Crippen molar-refractivity contribution in [3.63, 3.8) is 0 Å². The summed E-state index contributed by atoms with van der Waals surface area (Å²) >= 11 is 0. The van der Waals surface area contributed by atoms with Crippen LogP contribution in [0.5, 0.6) is 0 Å². The fourth-order valence-electron chi connectivity index (χ4n) is 2.75. The van der Waals surface area contributed by atoms with Crippen LogP contribution in [0.4, 0.5) is 0 Å². The molecule has 1 aromatic carbocycles. The van der Waals surface area contributed by atoms with Gasteiger partial charge in [-0.25, -0.2) is 0 Å². The number of likely N-dealkylation sites (tertiary alicyclic amines) is 1. The highest BCUT2D eigenvalue weighted by atomic mass is 16.5. The number of aliphatic hydroxyl groups is 1. The lowest BCUT2D eigenvalue weighted by Crippen LogP contribution is -2.44. The molecular weight excluding hydrogens is 238 g/mol. The van der Waals surface area contributed by atoms with Crippen molar-refractivity contribution in [2.24, 2.45) is 5.92 Å². The first-order valence-corrected chi connectivity index (χ1v) is 7.19. The van der Waals surface area contributed by atoms with Crippen molar-refractivity contribution in [3.8, 4) is 0 Å². The highest BCUT2D eigenvalue weighted by molar-refractivity contribution is 5.17. The molecule has 3 heteroatoms. The van der Waals surface area contributed by atoms with Gasteiger partial charge < -0.3 is 14.7 Å². The minimum Gasteiger partial charge on any atom is -0.388 e. The number of piperidine rings is 1. The lowest BCUT2D eigenvalue weighted by Gasteiger charge is -2.36. The molecule has 1 heterocycles. The van der Waals surface area contributed by atoms with Crippen molar-refractivity contribution >= 4 is 0 Å². The molecule has 3 atom stereocenters. The van der Waals surface area contributed by atoms with Crippen LogP contribution in [0.2, 0.25) is 0 Å². The van der Waals surface area contributed by atoms with Crippen molar-refractivity contribution in [1.29, 1.82) is 0 Å². The number of hydrogen-bond donors (Lipinski definition) is 1. The Balaban J connectivity index is 1.79. The number of ether oxygens (including phenoxy) is 1. The summed E-state index contributed by atoms with van der Waals surface area (Å²) in [6.07, 6.45) is 1.94. The number of nitrogens with zero attached hydrogens (tertiary/aromatic N) is 1. The van der Waals surface area contributed by atoms with Gasteiger partial charge >= 0.3 is 0 Å². The van der Waals surface area contributed by atoms with Crippen LogP contribution >= 0.6 is 0 Å². The van der Waals surface area contributed by atoms with Crippen LogP contribution in [0.3, 0.4) is 0 Å². The third-order valence-electron chi connectivity index (χ3n) is 4.18. The first-order valence-electron chi connectivity index (χ1n) is 7.19. The van der Waals surface area contributed by atoms with Gasteiger partial charge in [-0.05, 0) is 30.9 Å². The topological polar surface area (TPSA) is 32.7 Å². The van der Waals surface area contributed by atoms with Gasteiger partial charge in [0.05, 0.1) is 12.2 Å². The highest BCUT2D eigenvalue weighted by Gasteiger charge is 2.26. The zero-order valence-corrected chi connectivity index (χ0v) is 12.0. The number of aliphatic hydroxyl groups excluding tert-OH is 1. The average Bonchev–Trinajstić information content (AvgIpc) is 2.47. The largest absolute Gasteiger partial charge is 0.388 e. The molecule has 1 N–H and O–H groups in total. The van der Waals surface area contributed by atoms with E-state index in [1.165, 1.54) is 6.42 Å². The van der Waals surface area contributed by atoms with Crippen LogP contribution in [0.25, 0.3) is 0 Å². The predicted molar refractivity (Wildman–Crippen MR) is 77.0 cm³/mol. The van der Waals surface area contributed by atoms with Gasteiger partial charge in [0.1, 0.15) is 0 Å². The molecule has 0 bridgehead atoms. The normalized spacial score (nSPS) is 26.3. The fourth-order valence-corrected chi connectivity index (χ4v) is 2.75. The van der Waals surface area contributed by atoms with Gasteiger partial charge in [0.25, 0.3) is 0 Å². The van der Waals surface area contributed by atoms with Crippen molar-refractivity contribution in [2.75, 3.05) is 26.7 Å². The van der Waals surface area contributed by atoms with Crippen molar-refractivity contribution in [2.45, 2.75) is 32.0 Å². The molecule has 3 nitrogen and oxygen atoms in total. The van der Waals surface area contributed by atoms with E-state index in [-0.39, 0.29) is 6.10 Å². The Kier molecular flexibility index (Phi) is 5.37. The second-order valence-corrected chi connectivity index (χ2v) is 5.56. The lowest BCUT2D eigenvalue weighted by molar-refractivity contribution is -0.00867. The molecule has 2 rings (SSSR count). The molecule has 3 unspecified atom stereocenters. The Bertz CT molecular complexity index is 368. The van der Waals surface area contributed by atoms with Gasteiger partial charge in [-0.3, -0.25) is 0 Å². The number of hydrogen-bond acceptors (Lipinski definition) is 3. The molecule has 1 aliphatic rings. The third-order valence-corrected chi connectivity index (χ3v) is 4.18. The Morgan fingerprint density at radius 1 is 1.37 bits per heavy atom. The average molecular weight is 263 g/mol. The first kappa shape index (κ1) is 14.5. The van der Waals surface area contributed by atoms with Gasteiger partial charge in [-0.1, -0.05) is 37.3 Å². The molecule has 0 radical (unpaired) electrons. The number of rotatable bonds is 5. The Morgan fingerprint density at radius 2 is 2.11 bits per heavy atom. The van der Waals surface area contributed by atoms with Gasteiger partial charge in [-0.2, -0.15) is 0 Å². The minimum atomic E-state index is -0.360. The SMILES string of the molecule is COC1CN(CCC(O)c2ccccc2)CCC1C. The van der Waals surface area contributed by atoms with Crippen LogP contribution in [-0.4, -0.2) is 42.9 Å². The maximum atomic E-state index is 10.2. The molecule has 0 aliphatic carbocycles. The Hall–Kier alpha value is -0.900. The van der Waals surface area contributed by atoms with Crippen LogP contribution in [0, 0.1) is 5.92 Å². The lowest BCUT2D eigenvalue weighted by atomic mass is 9.95. The summed E-state index contributed by atoms with van der Waals surface area (Å²) in [5.41, 5.74) is 1.01. The fraction of sp³-hybridized carbons (Fsp3) is 0.625. The molecule has 1 aliphatic heterocycles. The molecule has 106 valence electrons. The molecule has 1 fully saturated rings. The Labute approximate surface area is 116 Å². The van der Waals surface area contributed by atoms with E-state index in [9.17, 15) is 5.11 Å². The summed E-state index contributed by atoms with van der Waals surface area (Å²) in [5, 5.41) is 10.2. The van der Waals surface area contributed by atoms with Crippen LogP contribution in [0.15, 0.2) is 30.3 Å². The summed E-state index contributed by atoms with van der Waals surface area (Å²) in [4.78, 5) is 2.40. The summed E-state index contributed by atoms with van der Waals surface area (Å²) in [5.74, 6) is 0.639. The van der Waals surface area contributed by atoms with E-state index < -0.39 is 0 Å². The van der Waals surface area contributed by atoms with E-state index in [1.807, 2.05) is 30.3 Å². The van der Waals surface area contributed by atoms with Crippen LogP contribution < -0.4 is 0 Å². The minimum absolute atomic E-state index is 0.336. The molecule has 1 aromatic rings. The summed E-state index contributed by atoms with van der Waals surface area (Å²) in [7, 11) is 1.80. The molecule has 0 spiro atoms.